The Balaban J connectivity index is 2.42. The highest BCUT2D eigenvalue weighted by Crippen LogP contribution is 2.27. The average Bonchev–Trinajstić information content (AvgIpc) is 2.52. The van der Waals surface area contributed by atoms with E-state index in [4.69, 9.17) is 16.9 Å². The molecule has 0 saturated carbocycles. The normalized spacial score (nSPS) is 38.1. The highest BCUT2D eigenvalue weighted by Gasteiger charge is 2.43. The second-order valence-corrected chi connectivity index (χ2v) is 3.62. The summed E-state index contributed by atoms with van der Waals surface area (Å²) in [6, 6.07) is 1.29. The number of hydrogen-bond donors (Lipinski definition) is 4. The molecular formula is C9H13N3O5. The van der Waals surface area contributed by atoms with Crippen molar-refractivity contribution in [1.29, 1.82) is 0 Å². The number of aromatic nitrogens is 2. The lowest BCUT2D eigenvalue weighted by atomic mass is 10.1. The number of ether oxygens (including phenoxy) is 1. The fourth-order valence-corrected chi connectivity index (χ4v) is 1.60. The van der Waals surface area contributed by atoms with E-state index in [1.165, 1.54) is 12.3 Å². The van der Waals surface area contributed by atoms with Crippen molar-refractivity contribution in [1.82, 2.24) is 9.55 Å². The van der Waals surface area contributed by atoms with Gasteiger partial charge in [0.2, 0.25) is 0 Å². The molecule has 0 aromatic carbocycles. The summed E-state index contributed by atoms with van der Waals surface area (Å²) in [5, 5.41) is 28.4. The van der Waals surface area contributed by atoms with Crippen molar-refractivity contribution in [2.24, 2.45) is 0 Å². The topological polar surface area (TPSA) is 131 Å². The van der Waals surface area contributed by atoms with Crippen LogP contribution in [0.3, 0.4) is 0 Å². The Morgan fingerprint density at radius 2 is 2.35 bits per heavy atom. The molecule has 1 aliphatic heterocycles. The number of rotatable bonds is 2. The van der Waals surface area contributed by atoms with Crippen LogP contribution in [0.2, 0.25) is 0 Å². The van der Waals surface area contributed by atoms with Gasteiger partial charge in [-0.15, -0.1) is 0 Å². The number of hydrogen-bond acceptors (Lipinski definition) is 7. The van der Waals surface area contributed by atoms with Crippen LogP contribution in [0.15, 0.2) is 17.1 Å². The zero-order chi connectivity index (χ0) is 13.5. The minimum Gasteiger partial charge on any atom is -0.394 e. The molecule has 0 bridgehead atoms. The van der Waals surface area contributed by atoms with Gasteiger partial charge in [-0.25, -0.2) is 4.79 Å². The molecule has 17 heavy (non-hydrogen) atoms. The summed E-state index contributed by atoms with van der Waals surface area (Å²) in [6.07, 6.45) is -5.53. The maximum atomic E-state index is 11.6. The first-order chi connectivity index (χ1) is 8.37. The van der Waals surface area contributed by atoms with Crippen molar-refractivity contribution in [3.63, 3.8) is 0 Å². The molecule has 1 saturated heterocycles. The smallest absolute Gasteiger partial charge is 0.351 e. The third kappa shape index (κ3) is 2.03. The molecule has 94 valence electrons. The number of nitrogen functional groups attached to an aromatic ring is 1. The van der Waals surface area contributed by atoms with Gasteiger partial charge in [0.25, 0.3) is 0 Å². The highest BCUT2D eigenvalue weighted by molar-refractivity contribution is 5.23. The van der Waals surface area contributed by atoms with Crippen LogP contribution in [0.4, 0.5) is 5.82 Å². The Hall–Kier alpha value is -1.48. The average molecular weight is 244 g/mol. The van der Waals surface area contributed by atoms with Gasteiger partial charge < -0.3 is 25.8 Å². The lowest BCUT2D eigenvalue weighted by Gasteiger charge is -2.16. The molecule has 0 aliphatic carbocycles. The molecule has 0 amide bonds. The van der Waals surface area contributed by atoms with E-state index in [9.17, 15) is 15.0 Å². The number of anilines is 1. The maximum absolute atomic E-state index is 11.6. The van der Waals surface area contributed by atoms with Crippen LogP contribution in [-0.2, 0) is 4.74 Å². The minimum absolute atomic E-state index is 0.0120. The number of nitrogens with two attached hydrogens (primary N) is 1. The van der Waals surface area contributed by atoms with Gasteiger partial charge in [0.1, 0.15) is 24.1 Å². The quantitative estimate of drug-likeness (QED) is 0.450. The molecule has 4 atom stereocenters. The maximum Gasteiger partial charge on any atom is 0.351 e. The fraction of sp³-hybridized carbons (Fsp3) is 0.556. The van der Waals surface area contributed by atoms with E-state index in [2.05, 4.69) is 4.98 Å². The van der Waals surface area contributed by atoms with Gasteiger partial charge in [-0.3, -0.25) is 4.57 Å². The highest BCUT2D eigenvalue weighted by atomic mass is 16.6. The molecule has 1 aromatic heterocycles. The molecule has 2 heterocycles. The Morgan fingerprint density at radius 1 is 1.65 bits per heavy atom. The van der Waals surface area contributed by atoms with E-state index in [-0.39, 0.29) is 5.82 Å². The first-order valence-electron chi connectivity index (χ1n) is 5.39. The molecule has 0 unspecified atom stereocenters. The molecule has 5 N–H and O–H groups in total. The lowest BCUT2D eigenvalue weighted by molar-refractivity contribution is -0.0549. The third-order valence-electron chi connectivity index (χ3n) is 2.50. The number of aliphatic hydroxyl groups excluding tert-OH is 2. The Kier molecular flexibility index (Phi) is 2.77. The van der Waals surface area contributed by atoms with Crippen LogP contribution in [0.25, 0.3) is 0 Å². The summed E-state index contributed by atoms with van der Waals surface area (Å²) in [5.74, 6) is -0.0120. The summed E-state index contributed by atoms with van der Waals surface area (Å²) in [6.45, 7) is -0.587. The van der Waals surface area contributed by atoms with E-state index in [0.29, 0.717) is 0 Å². The second kappa shape index (κ2) is 4.41. The van der Waals surface area contributed by atoms with Crippen LogP contribution < -0.4 is 11.4 Å². The summed E-state index contributed by atoms with van der Waals surface area (Å²) >= 11 is 0. The predicted molar refractivity (Wildman–Crippen MR) is 55.9 cm³/mol. The van der Waals surface area contributed by atoms with Gasteiger partial charge in [-0.05, 0) is 6.07 Å². The molecule has 2 rings (SSSR count). The van der Waals surface area contributed by atoms with Crippen LogP contribution in [0.5, 0.6) is 0 Å². The standard InChI is InChI=1S/C9H13N3O5/c10-5-1-2-12(9(16)11-5)8-7(15)6(14)4(3-13)17-8/h1-2,4,6-8,13-15H,3H2,(H2,10,11,16)/t4-,6-,7+,8-/m1/s1/i7D. The number of aliphatic hydroxyl groups is 3. The van der Waals surface area contributed by atoms with Gasteiger partial charge >= 0.3 is 5.69 Å². The van der Waals surface area contributed by atoms with Crippen molar-refractivity contribution in [2.75, 3.05) is 12.3 Å². The van der Waals surface area contributed by atoms with Crippen LogP contribution in [0.1, 0.15) is 7.60 Å². The molecular weight excluding hydrogens is 230 g/mol. The van der Waals surface area contributed by atoms with Gasteiger partial charge in [-0.1, -0.05) is 0 Å². The first kappa shape index (κ1) is 10.7. The van der Waals surface area contributed by atoms with Crippen molar-refractivity contribution in [2.45, 2.75) is 24.5 Å². The van der Waals surface area contributed by atoms with Gasteiger partial charge in [0.05, 0.1) is 7.98 Å². The van der Waals surface area contributed by atoms with E-state index in [1.807, 2.05) is 0 Å². The second-order valence-electron chi connectivity index (χ2n) is 3.62. The van der Waals surface area contributed by atoms with Gasteiger partial charge in [0, 0.05) is 6.20 Å². The number of nitrogens with zero attached hydrogens (tertiary/aromatic N) is 2. The Morgan fingerprint density at radius 3 is 2.88 bits per heavy atom. The summed E-state index contributed by atoms with van der Waals surface area (Å²) in [4.78, 5) is 15.0. The zero-order valence-corrected chi connectivity index (χ0v) is 8.72. The summed E-state index contributed by atoms with van der Waals surface area (Å²) < 4.78 is 13.5. The lowest BCUT2D eigenvalue weighted by Crippen LogP contribution is -2.36. The van der Waals surface area contributed by atoms with Crippen LogP contribution >= 0.6 is 0 Å². The van der Waals surface area contributed by atoms with E-state index in [1.54, 1.807) is 0 Å². The van der Waals surface area contributed by atoms with Gasteiger partial charge in [0.15, 0.2) is 6.23 Å². The zero-order valence-electron chi connectivity index (χ0n) is 9.72. The van der Waals surface area contributed by atoms with Crippen molar-refractivity contribution in [3.05, 3.63) is 22.7 Å². The largest absolute Gasteiger partial charge is 0.394 e. The summed E-state index contributed by atoms with van der Waals surface area (Å²) in [7, 11) is 0. The summed E-state index contributed by atoms with van der Waals surface area (Å²) in [5.41, 5.74) is 4.49. The monoisotopic (exact) mass is 244 g/mol. The molecule has 1 aliphatic rings. The molecule has 8 nitrogen and oxygen atoms in total. The van der Waals surface area contributed by atoms with Gasteiger partial charge in [-0.2, -0.15) is 4.98 Å². The van der Waals surface area contributed by atoms with Crippen molar-refractivity contribution in [3.8, 4) is 0 Å². The molecule has 1 aromatic rings. The SMILES string of the molecule is [2H][C@]1(O)[C@H](O)[C@@H](CO)O[C@H]1n1ccc(N)nc1=O. The predicted octanol–water partition coefficient (Wildman–Crippen LogP) is -2.56. The molecule has 8 heteroatoms. The Labute approximate surface area is 97.3 Å². The van der Waals surface area contributed by atoms with E-state index in [0.717, 1.165) is 4.57 Å². The van der Waals surface area contributed by atoms with E-state index >= 15 is 0 Å². The van der Waals surface area contributed by atoms with E-state index < -0.39 is 36.8 Å². The minimum atomic E-state index is -2.46. The molecule has 0 radical (unpaired) electrons. The van der Waals surface area contributed by atoms with Crippen molar-refractivity contribution < 1.29 is 21.4 Å². The Bertz CT molecular complexity index is 505. The fourth-order valence-electron chi connectivity index (χ4n) is 1.60. The first-order valence-corrected chi connectivity index (χ1v) is 4.89. The van der Waals surface area contributed by atoms with Crippen LogP contribution in [-0.4, -0.2) is 49.8 Å². The van der Waals surface area contributed by atoms with Crippen LogP contribution in [0, 0.1) is 0 Å². The molecule has 1 fully saturated rings. The van der Waals surface area contributed by atoms with Crippen molar-refractivity contribution >= 4 is 5.82 Å². The molecule has 0 spiro atoms. The third-order valence-corrected chi connectivity index (χ3v) is 2.50.